The molecule has 0 spiro atoms. The topological polar surface area (TPSA) is 93.2 Å². The molecule has 3 aromatic rings. The van der Waals surface area contributed by atoms with Gasteiger partial charge in [0.2, 0.25) is 0 Å². The summed E-state index contributed by atoms with van der Waals surface area (Å²) in [6, 6.07) is 2.03. The quantitative estimate of drug-likeness (QED) is 0.784. The van der Waals surface area contributed by atoms with Gasteiger partial charge in [-0.2, -0.15) is 5.10 Å². The van der Waals surface area contributed by atoms with Gasteiger partial charge in [0.15, 0.2) is 5.84 Å². The highest BCUT2D eigenvalue weighted by molar-refractivity contribution is 6.09. The van der Waals surface area contributed by atoms with Crippen LogP contribution in [0.4, 0.5) is 5.69 Å². The van der Waals surface area contributed by atoms with Gasteiger partial charge in [-0.3, -0.25) is 24.6 Å². The number of anilines is 1. The van der Waals surface area contributed by atoms with Gasteiger partial charge in [-0.1, -0.05) is 5.57 Å². The normalized spacial score (nSPS) is 15.7. The molecule has 0 fully saturated rings. The molecule has 0 amide bonds. The van der Waals surface area contributed by atoms with Crippen LogP contribution in [0.2, 0.25) is 0 Å². The van der Waals surface area contributed by atoms with Gasteiger partial charge in [0.1, 0.15) is 11.2 Å². The molecule has 1 N–H and O–H groups in total. The van der Waals surface area contributed by atoms with Crippen molar-refractivity contribution in [3.8, 4) is 0 Å². The van der Waals surface area contributed by atoms with Crippen LogP contribution < -0.4 is 5.32 Å². The largest absolute Gasteiger partial charge is 0.337 e. The van der Waals surface area contributed by atoms with Crippen molar-refractivity contribution in [2.45, 2.75) is 20.0 Å². The maximum absolute atomic E-state index is 4.52. The predicted octanol–water partition coefficient (Wildman–Crippen LogP) is 1.99. The Labute approximate surface area is 149 Å². The van der Waals surface area contributed by atoms with Gasteiger partial charge in [0.05, 0.1) is 54.6 Å². The fourth-order valence-electron chi connectivity index (χ4n) is 3.15. The van der Waals surface area contributed by atoms with Crippen molar-refractivity contribution in [3.05, 3.63) is 53.9 Å². The van der Waals surface area contributed by atoms with Crippen LogP contribution >= 0.6 is 0 Å². The maximum Gasteiger partial charge on any atom is 0.154 e. The van der Waals surface area contributed by atoms with Gasteiger partial charge in [-0.15, -0.1) is 0 Å². The minimum atomic E-state index is 0.546. The summed E-state index contributed by atoms with van der Waals surface area (Å²) < 4.78 is 1.92. The molecule has 0 saturated carbocycles. The molecule has 0 unspecified atom stereocenters. The van der Waals surface area contributed by atoms with E-state index in [2.05, 4.69) is 48.4 Å². The van der Waals surface area contributed by atoms with Crippen molar-refractivity contribution >= 4 is 28.3 Å². The van der Waals surface area contributed by atoms with E-state index in [4.69, 9.17) is 0 Å². The smallest absolute Gasteiger partial charge is 0.154 e. The van der Waals surface area contributed by atoms with Crippen LogP contribution in [-0.4, -0.2) is 42.8 Å². The molecule has 3 aromatic heterocycles. The number of allylic oxidation sites excluding steroid dienone is 1. The molecule has 128 valence electrons. The van der Waals surface area contributed by atoms with Crippen molar-refractivity contribution in [1.82, 2.24) is 24.7 Å². The van der Waals surface area contributed by atoms with Crippen molar-refractivity contribution in [2.75, 3.05) is 11.9 Å². The third-order valence-electron chi connectivity index (χ3n) is 4.40. The van der Waals surface area contributed by atoms with Crippen molar-refractivity contribution in [2.24, 2.45) is 9.98 Å². The second kappa shape index (κ2) is 5.83. The van der Waals surface area contributed by atoms with Gasteiger partial charge >= 0.3 is 0 Å². The number of fused-ring (bicyclic) bond motifs is 2. The lowest BCUT2D eigenvalue weighted by atomic mass is 10.2. The van der Waals surface area contributed by atoms with Gasteiger partial charge in [-0.25, -0.2) is 4.98 Å². The first kappa shape index (κ1) is 14.9. The molecule has 0 atom stereocenters. The van der Waals surface area contributed by atoms with Gasteiger partial charge in [0, 0.05) is 12.4 Å². The highest BCUT2D eigenvalue weighted by atomic mass is 15.3. The molecule has 26 heavy (non-hydrogen) atoms. The lowest BCUT2D eigenvalue weighted by molar-refractivity contribution is 0.752. The lowest BCUT2D eigenvalue weighted by Gasteiger charge is -2.07. The second-order valence-corrected chi connectivity index (χ2v) is 6.37. The van der Waals surface area contributed by atoms with Crippen LogP contribution in [0, 0.1) is 0 Å². The monoisotopic (exact) mass is 344 g/mol. The number of aromatic nitrogens is 5. The van der Waals surface area contributed by atoms with Crippen LogP contribution in [0.25, 0.3) is 11.0 Å². The minimum absolute atomic E-state index is 0.546. The van der Waals surface area contributed by atoms with E-state index in [-0.39, 0.29) is 0 Å². The molecule has 0 saturated heterocycles. The average Bonchev–Trinajstić information content (AvgIpc) is 3.36. The molecule has 0 bridgehead atoms. The first-order chi connectivity index (χ1) is 12.8. The molecule has 0 aliphatic carbocycles. The van der Waals surface area contributed by atoms with Gasteiger partial charge in [0.25, 0.3) is 0 Å². The van der Waals surface area contributed by atoms with E-state index in [0.29, 0.717) is 13.1 Å². The Bertz CT molecular complexity index is 1110. The molecule has 8 nitrogen and oxygen atoms in total. The van der Waals surface area contributed by atoms with E-state index in [1.807, 2.05) is 10.7 Å². The Kier molecular flexibility index (Phi) is 3.34. The summed E-state index contributed by atoms with van der Waals surface area (Å²) in [5.74, 6) is 0.721. The van der Waals surface area contributed by atoms with E-state index in [1.165, 1.54) is 5.57 Å². The molecule has 2 aliphatic heterocycles. The summed E-state index contributed by atoms with van der Waals surface area (Å²) in [5, 5.41) is 7.77. The Morgan fingerprint density at radius 3 is 2.88 bits per heavy atom. The van der Waals surface area contributed by atoms with Crippen LogP contribution in [0.5, 0.6) is 0 Å². The first-order valence-corrected chi connectivity index (χ1v) is 8.40. The highest BCUT2D eigenvalue weighted by Crippen LogP contribution is 2.20. The van der Waals surface area contributed by atoms with E-state index in [0.717, 1.165) is 46.2 Å². The molecule has 2 aliphatic rings. The summed E-state index contributed by atoms with van der Waals surface area (Å²) in [4.78, 5) is 22.2. The zero-order chi connectivity index (χ0) is 17.5. The number of pyridine rings is 1. The Morgan fingerprint density at radius 2 is 2.00 bits per heavy atom. The molecule has 5 heterocycles. The number of amidine groups is 1. The van der Waals surface area contributed by atoms with E-state index in [9.17, 15) is 0 Å². The van der Waals surface area contributed by atoms with Crippen LogP contribution in [0.1, 0.15) is 18.3 Å². The number of aliphatic imine (C=N–C) groups is 2. The molecule has 8 heteroatoms. The first-order valence-electron chi connectivity index (χ1n) is 8.40. The average molecular weight is 344 g/mol. The number of hydrogen-bond donors (Lipinski definition) is 1. The minimum Gasteiger partial charge on any atom is -0.337 e. The van der Waals surface area contributed by atoms with Gasteiger partial charge in [-0.05, 0) is 19.1 Å². The molecule has 0 aromatic carbocycles. The van der Waals surface area contributed by atoms with E-state index >= 15 is 0 Å². The SMILES string of the molecule is CC1=CC(Cn2ncc3ncc(NC4=NCc5nccnc54)cc32)=NC1. The third-order valence-corrected chi connectivity index (χ3v) is 4.40. The molecular formula is C18H16N8. The zero-order valence-corrected chi connectivity index (χ0v) is 14.2. The number of nitrogens with one attached hydrogen (secondary N) is 1. The summed E-state index contributed by atoms with van der Waals surface area (Å²) in [6.45, 7) is 4.05. The lowest BCUT2D eigenvalue weighted by Crippen LogP contribution is -2.14. The van der Waals surface area contributed by atoms with E-state index in [1.54, 1.807) is 24.8 Å². The zero-order valence-electron chi connectivity index (χ0n) is 14.2. The summed E-state index contributed by atoms with van der Waals surface area (Å²) in [5.41, 5.74) is 6.64. The molecular weight excluding hydrogens is 328 g/mol. The summed E-state index contributed by atoms with van der Waals surface area (Å²) in [6.07, 6.45) is 9.04. The predicted molar refractivity (Wildman–Crippen MR) is 99.5 cm³/mol. The fourth-order valence-corrected chi connectivity index (χ4v) is 3.15. The summed E-state index contributed by atoms with van der Waals surface area (Å²) in [7, 11) is 0. The van der Waals surface area contributed by atoms with Crippen molar-refractivity contribution < 1.29 is 0 Å². The second-order valence-electron chi connectivity index (χ2n) is 6.37. The molecule has 5 rings (SSSR count). The van der Waals surface area contributed by atoms with Crippen LogP contribution in [0.3, 0.4) is 0 Å². The molecule has 0 radical (unpaired) electrons. The highest BCUT2D eigenvalue weighted by Gasteiger charge is 2.18. The maximum atomic E-state index is 4.52. The summed E-state index contributed by atoms with van der Waals surface area (Å²) >= 11 is 0. The standard InChI is InChI=1S/C18H16N8/c1-11-4-13(21-6-11)10-26-16-5-12(7-22-14(16)9-24-26)25-18-17-15(8-23-18)19-2-3-20-17/h2-5,7,9H,6,8,10H2,1H3,(H,23,25). The number of rotatable bonds is 3. The van der Waals surface area contributed by atoms with Crippen molar-refractivity contribution in [1.29, 1.82) is 0 Å². The fraction of sp³-hybridized carbons (Fsp3) is 0.222. The third kappa shape index (κ3) is 2.55. The Balaban J connectivity index is 1.44. The van der Waals surface area contributed by atoms with Crippen LogP contribution in [-0.2, 0) is 13.1 Å². The van der Waals surface area contributed by atoms with Crippen LogP contribution in [0.15, 0.2) is 52.5 Å². The number of hydrogen-bond acceptors (Lipinski definition) is 7. The van der Waals surface area contributed by atoms with Gasteiger partial charge < -0.3 is 5.32 Å². The number of nitrogens with zero attached hydrogens (tertiary/aromatic N) is 7. The van der Waals surface area contributed by atoms with E-state index < -0.39 is 0 Å². The Morgan fingerprint density at radius 1 is 1.08 bits per heavy atom. The Hall–Kier alpha value is -3.42. The van der Waals surface area contributed by atoms with Crippen molar-refractivity contribution in [3.63, 3.8) is 0 Å².